The number of pyridine rings is 2. The molecule has 82 valence electrons. The molecule has 2 aromatic rings. The second kappa shape index (κ2) is 4.05. The first kappa shape index (κ1) is 10.8. The molecule has 0 unspecified atom stereocenters. The maximum Gasteiger partial charge on any atom is 0.178 e. The Hall–Kier alpha value is -1.70. The molecular weight excluding hydrogens is 196 g/mol. The summed E-state index contributed by atoms with van der Waals surface area (Å²) in [4.78, 5) is 0. The predicted molar refractivity (Wildman–Crippen MR) is 63.7 cm³/mol. The first-order valence-corrected chi connectivity index (χ1v) is 5.51. The summed E-state index contributed by atoms with van der Waals surface area (Å²) in [5, 5.41) is 0. The fourth-order valence-corrected chi connectivity index (χ4v) is 1.73. The Morgan fingerprint density at radius 2 is 1.12 bits per heavy atom. The number of nitrogens with zero attached hydrogens (tertiary/aromatic N) is 2. The minimum Gasteiger partial charge on any atom is -0.205 e. The maximum atomic E-state index is 2.22. The summed E-state index contributed by atoms with van der Waals surface area (Å²) in [7, 11) is 4.13. The third-order valence-corrected chi connectivity index (χ3v) is 3.13. The van der Waals surface area contributed by atoms with Gasteiger partial charge >= 0.3 is 0 Å². The third-order valence-electron chi connectivity index (χ3n) is 3.13. The standard InChI is InChI=1S/C14H18N2/c1-11-9-13(5-7-15(11)3)14-6-8-16(4)12(2)10-14/h5-10H,1-4H3/q+2. The molecule has 0 amide bonds. The van der Waals surface area contributed by atoms with Gasteiger partial charge in [0.1, 0.15) is 14.1 Å². The van der Waals surface area contributed by atoms with Crippen LogP contribution in [-0.2, 0) is 14.1 Å². The summed E-state index contributed by atoms with van der Waals surface area (Å²) >= 11 is 0. The number of rotatable bonds is 1. The van der Waals surface area contributed by atoms with Crippen molar-refractivity contribution < 1.29 is 9.13 Å². The van der Waals surface area contributed by atoms with E-state index in [9.17, 15) is 0 Å². The van der Waals surface area contributed by atoms with E-state index in [1.54, 1.807) is 0 Å². The highest BCUT2D eigenvalue weighted by Gasteiger charge is 2.07. The van der Waals surface area contributed by atoms with Crippen LogP contribution < -0.4 is 9.13 Å². The van der Waals surface area contributed by atoms with E-state index in [1.807, 2.05) is 0 Å². The van der Waals surface area contributed by atoms with Gasteiger partial charge in [0, 0.05) is 38.1 Å². The topological polar surface area (TPSA) is 7.76 Å². The molecule has 0 radical (unpaired) electrons. The smallest absolute Gasteiger partial charge is 0.178 e. The average Bonchev–Trinajstić information content (AvgIpc) is 2.26. The zero-order chi connectivity index (χ0) is 11.7. The van der Waals surface area contributed by atoms with Gasteiger partial charge in [-0.2, -0.15) is 0 Å². The molecule has 2 heterocycles. The lowest BCUT2D eigenvalue weighted by Gasteiger charge is -2.02. The molecule has 0 spiro atoms. The van der Waals surface area contributed by atoms with Crippen LogP contribution in [-0.4, -0.2) is 0 Å². The lowest BCUT2D eigenvalue weighted by Crippen LogP contribution is -2.31. The van der Waals surface area contributed by atoms with Crippen LogP contribution in [0.2, 0.25) is 0 Å². The molecule has 2 nitrogen and oxygen atoms in total. The molecular formula is C14H18N2+2. The monoisotopic (exact) mass is 214 g/mol. The zero-order valence-corrected chi connectivity index (χ0v) is 10.4. The van der Waals surface area contributed by atoms with E-state index in [4.69, 9.17) is 0 Å². The maximum absolute atomic E-state index is 2.22. The number of aromatic nitrogens is 2. The minimum absolute atomic E-state index is 1.27. The van der Waals surface area contributed by atoms with Gasteiger partial charge in [-0.3, -0.25) is 0 Å². The Labute approximate surface area is 96.8 Å². The second-order valence-corrected chi connectivity index (χ2v) is 4.34. The van der Waals surface area contributed by atoms with E-state index >= 15 is 0 Å². The van der Waals surface area contributed by atoms with Gasteiger partial charge in [0.05, 0.1) is 0 Å². The van der Waals surface area contributed by atoms with Gasteiger partial charge in [0.15, 0.2) is 23.8 Å². The Morgan fingerprint density at radius 1 is 0.750 bits per heavy atom. The SMILES string of the molecule is Cc1cc(-c2cc[n+](C)c(C)c2)cc[n+]1C. The lowest BCUT2D eigenvalue weighted by atomic mass is 10.1. The highest BCUT2D eigenvalue weighted by molar-refractivity contribution is 5.62. The molecule has 0 N–H and O–H groups in total. The molecule has 2 heteroatoms. The summed E-state index contributed by atoms with van der Waals surface area (Å²) in [6.07, 6.45) is 4.21. The van der Waals surface area contributed by atoms with Crippen LogP contribution >= 0.6 is 0 Å². The first-order valence-electron chi connectivity index (χ1n) is 5.51. The van der Waals surface area contributed by atoms with E-state index in [1.165, 1.54) is 22.5 Å². The number of aryl methyl sites for hydroxylation is 4. The van der Waals surface area contributed by atoms with Crippen molar-refractivity contribution in [3.8, 4) is 11.1 Å². The van der Waals surface area contributed by atoms with Crippen LogP contribution in [0.4, 0.5) is 0 Å². The van der Waals surface area contributed by atoms with Gasteiger partial charge in [-0.1, -0.05) is 0 Å². The van der Waals surface area contributed by atoms with E-state index in [0.717, 1.165) is 0 Å². The summed E-state index contributed by atoms with van der Waals surface area (Å²) in [6, 6.07) is 8.74. The van der Waals surface area contributed by atoms with Crippen molar-refractivity contribution in [2.75, 3.05) is 0 Å². The van der Waals surface area contributed by atoms with Gasteiger partial charge in [0.25, 0.3) is 0 Å². The number of hydrogen-bond donors (Lipinski definition) is 0. The highest BCUT2D eigenvalue weighted by Crippen LogP contribution is 2.18. The zero-order valence-electron chi connectivity index (χ0n) is 10.4. The summed E-state index contributed by atoms with van der Waals surface area (Å²) < 4.78 is 4.25. The molecule has 0 aliphatic rings. The number of hydrogen-bond acceptors (Lipinski definition) is 0. The van der Waals surface area contributed by atoms with Crippen molar-refractivity contribution in [3.63, 3.8) is 0 Å². The Kier molecular flexibility index (Phi) is 2.73. The molecule has 2 aromatic heterocycles. The minimum atomic E-state index is 1.27. The van der Waals surface area contributed by atoms with Gasteiger partial charge in [0.2, 0.25) is 0 Å². The van der Waals surface area contributed by atoms with Gasteiger partial charge in [-0.05, 0) is 11.1 Å². The molecule has 16 heavy (non-hydrogen) atoms. The van der Waals surface area contributed by atoms with Crippen LogP contribution in [0.1, 0.15) is 11.4 Å². The fraction of sp³-hybridized carbons (Fsp3) is 0.286. The quantitative estimate of drug-likeness (QED) is 0.637. The van der Waals surface area contributed by atoms with E-state index in [2.05, 4.69) is 73.7 Å². The van der Waals surface area contributed by atoms with Crippen LogP contribution in [0, 0.1) is 13.8 Å². The molecule has 0 bridgehead atoms. The molecule has 0 aromatic carbocycles. The molecule has 0 atom stereocenters. The third kappa shape index (κ3) is 1.96. The second-order valence-electron chi connectivity index (χ2n) is 4.34. The average molecular weight is 214 g/mol. The molecule has 0 saturated heterocycles. The molecule has 0 aliphatic carbocycles. The van der Waals surface area contributed by atoms with Crippen LogP contribution in [0.3, 0.4) is 0 Å². The van der Waals surface area contributed by atoms with Crippen molar-refractivity contribution in [2.24, 2.45) is 14.1 Å². The van der Waals surface area contributed by atoms with Crippen molar-refractivity contribution in [1.82, 2.24) is 0 Å². The Balaban J connectivity index is 2.50. The van der Waals surface area contributed by atoms with Crippen LogP contribution in [0.15, 0.2) is 36.7 Å². The first-order chi connectivity index (χ1) is 7.58. The molecule has 0 fully saturated rings. The Bertz CT molecular complexity index is 481. The molecule has 0 aliphatic heterocycles. The highest BCUT2D eigenvalue weighted by atomic mass is 14.9. The van der Waals surface area contributed by atoms with Crippen molar-refractivity contribution in [1.29, 1.82) is 0 Å². The van der Waals surface area contributed by atoms with Crippen molar-refractivity contribution in [2.45, 2.75) is 13.8 Å². The van der Waals surface area contributed by atoms with Gasteiger partial charge < -0.3 is 0 Å². The largest absolute Gasteiger partial charge is 0.205 e. The van der Waals surface area contributed by atoms with Crippen LogP contribution in [0.5, 0.6) is 0 Å². The summed E-state index contributed by atoms with van der Waals surface area (Å²) in [6.45, 7) is 4.25. The fourth-order valence-electron chi connectivity index (χ4n) is 1.73. The van der Waals surface area contributed by atoms with Crippen molar-refractivity contribution in [3.05, 3.63) is 48.0 Å². The predicted octanol–water partition coefficient (Wildman–Crippen LogP) is 1.62. The van der Waals surface area contributed by atoms with Crippen molar-refractivity contribution >= 4 is 0 Å². The molecule has 2 rings (SSSR count). The molecule has 0 saturated carbocycles. The van der Waals surface area contributed by atoms with Crippen LogP contribution in [0.25, 0.3) is 11.1 Å². The summed E-state index contributed by atoms with van der Waals surface area (Å²) in [5.41, 5.74) is 5.09. The van der Waals surface area contributed by atoms with E-state index < -0.39 is 0 Å². The Morgan fingerprint density at radius 3 is 1.44 bits per heavy atom. The van der Waals surface area contributed by atoms with Gasteiger partial charge in [-0.15, -0.1) is 0 Å². The van der Waals surface area contributed by atoms with Gasteiger partial charge in [-0.25, -0.2) is 9.13 Å². The summed E-state index contributed by atoms with van der Waals surface area (Å²) in [5.74, 6) is 0. The van der Waals surface area contributed by atoms with E-state index in [0.29, 0.717) is 0 Å². The normalized spacial score (nSPS) is 10.5. The lowest BCUT2D eigenvalue weighted by molar-refractivity contribution is -0.678. The van der Waals surface area contributed by atoms with E-state index in [-0.39, 0.29) is 0 Å².